The van der Waals surface area contributed by atoms with Gasteiger partial charge in [-0.2, -0.15) is 0 Å². The first-order valence-corrected chi connectivity index (χ1v) is 9.69. The molecule has 0 aromatic heterocycles. The van der Waals surface area contributed by atoms with Gasteiger partial charge in [0.1, 0.15) is 17.1 Å². The Bertz CT molecular complexity index is 746. The molecule has 0 unspecified atom stereocenters. The third-order valence-electron chi connectivity index (χ3n) is 4.40. The summed E-state index contributed by atoms with van der Waals surface area (Å²) < 4.78 is 10.5. The van der Waals surface area contributed by atoms with Crippen molar-refractivity contribution in [1.82, 2.24) is 9.80 Å². The summed E-state index contributed by atoms with van der Waals surface area (Å²) in [4.78, 5) is 40.6. The Balaban J connectivity index is 2.47. The molecule has 28 heavy (non-hydrogen) atoms. The molecule has 8 heteroatoms. The zero-order chi connectivity index (χ0) is 20.7. The topological polar surface area (TPSA) is 76.2 Å². The third-order valence-corrected chi connectivity index (χ3v) is 4.67. The highest BCUT2D eigenvalue weighted by atomic mass is 35.5. The molecular formula is C20H25ClN2O5. The molecule has 1 aromatic carbocycles. The van der Waals surface area contributed by atoms with Gasteiger partial charge >= 0.3 is 6.03 Å². The number of unbranched alkanes of at least 4 members (excludes halogenated alkanes) is 1. The molecule has 1 aliphatic rings. The third kappa shape index (κ3) is 4.65. The van der Waals surface area contributed by atoms with E-state index in [4.69, 9.17) is 21.1 Å². The molecule has 0 aliphatic carbocycles. The average Bonchev–Trinajstić information content (AvgIpc) is 2.71. The van der Waals surface area contributed by atoms with Gasteiger partial charge in [0.15, 0.2) is 0 Å². The van der Waals surface area contributed by atoms with Crippen molar-refractivity contribution in [3.63, 3.8) is 0 Å². The first kappa shape index (κ1) is 21.8. The average molecular weight is 409 g/mol. The van der Waals surface area contributed by atoms with Crippen LogP contribution in [-0.2, 0) is 9.59 Å². The molecule has 0 atom stereocenters. The van der Waals surface area contributed by atoms with E-state index in [0.717, 1.165) is 16.2 Å². The number of carbonyl (C=O) groups is 3. The smallest absolute Gasteiger partial charge is 0.333 e. The summed E-state index contributed by atoms with van der Waals surface area (Å²) in [6.07, 6.45) is 3.39. The Kier molecular flexibility index (Phi) is 7.87. The number of barbiturate groups is 1. The van der Waals surface area contributed by atoms with E-state index in [-0.39, 0.29) is 18.7 Å². The second kappa shape index (κ2) is 10.1. The van der Waals surface area contributed by atoms with Crippen LogP contribution in [0.25, 0.3) is 6.08 Å². The van der Waals surface area contributed by atoms with Crippen molar-refractivity contribution in [3.8, 4) is 11.5 Å². The highest BCUT2D eigenvalue weighted by Gasteiger charge is 2.41. The van der Waals surface area contributed by atoms with Crippen LogP contribution in [0.4, 0.5) is 4.79 Å². The molecule has 1 fully saturated rings. The number of benzene rings is 1. The Morgan fingerprint density at radius 1 is 1.00 bits per heavy atom. The number of hydrogen-bond donors (Lipinski definition) is 0. The number of alkyl halides is 1. The molecule has 1 aliphatic heterocycles. The largest absolute Gasteiger partial charge is 0.497 e. The minimum absolute atomic E-state index is 0.0752. The van der Waals surface area contributed by atoms with E-state index in [1.165, 1.54) is 20.3 Å². The van der Waals surface area contributed by atoms with Crippen LogP contribution in [0.15, 0.2) is 23.8 Å². The summed E-state index contributed by atoms with van der Waals surface area (Å²) in [6.45, 7) is 2.39. The SMILES string of the molecule is CCCCN1C(=O)/C(=C/c2ccc(OC)cc2OC)C(=O)N(CCCCl)C1=O. The first-order valence-electron chi connectivity index (χ1n) is 9.15. The Labute approximate surface area is 169 Å². The number of carbonyl (C=O) groups excluding carboxylic acids is 3. The first-order chi connectivity index (χ1) is 13.5. The van der Waals surface area contributed by atoms with Crippen LogP contribution in [0, 0.1) is 0 Å². The minimum Gasteiger partial charge on any atom is -0.497 e. The number of methoxy groups -OCH3 is 2. The lowest BCUT2D eigenvalue weighted by Crippen LogP contribution is -2.56. The van der Waals surface area contributed by atoms with Gasteiger partial charge in [-0.1, -0.05) is 13.3 Å². The maximum Gasteiger partial charge on any atom is 0.333 e. The molecular weight excluding hydrogens is 384 g/mol. The quantitative estimate of drug-likeness (QED) is 0.356. The maximum absolute atomic E-state index is 12.9. The van der Waals surface area contributed by atoms with Crippen molar-refractivity contribution < 1.29 is 23.9 Å². The Hall–Kier alpha value is -2.54. The van der Waals surface area contributed by atoms with Crippen molar-refractivity contribution in [1.29, 1.82) is 0 Å². The second-order valence-corrected chi connectivity index (χ2v) is 6.64. The number of imide groups is 2. The number of urea groups is 1. The van der Waals surface area contributed by atoms with Gasteiger partial charge in [0.05, 0.1) is 14.2 Å². The van der Waals surface area contributed by atoms with E-state index >= 15 is 0 Å². The van der Waals surface area contributed by atoms with Crippen LogP contribution in [0.1, 0.15) is 31.7 Å². The number of ether oxygens (including phenoxy) is 2. The number of amides is 4. The second-order valence-electron chi connectivity index (χ2n) is 6.26. The molecule has 0 spiro atoms. The van der Waals surface area contributed by atoms with Crippen molar-refractivity contribution >= 4 is 35.5 Å². The van der Waals surface area contributed by atoms with E-state index < -0.39 is 17.8 Å². The molecule has 7 nitrogen and oxygen atoms in total. The van der Waals surface area contributed by atoms with Crippen LogP contribution in [-0.4, -0.2) is 60.8 Å². The summed E-state index contributed by atoms with van der Waals surface area (Å²) >= 11 is 5.73. The lowest BCUT2D eigenvalue weighted by atomic mass is 10.0. The number of hydrogen-bond acceptors (Lipinski definition) is 5. The zero-order valence-electron chi connectivity index (χ0n) is 16.4. The minimum atomic E-state index is -0.620. The normalized spacial score (nSPS) is 16.1. The zero-order valence-corrected chi connectivity index (χ0v) is 17.1. The summed E-state index contributed by atoms with van der Waals surface area (Å²) in [5.41, 5.74) is 0.468. The van der Waals surface area contributed by atoms with E-state index in [0.29, 0.717) is 35.8 Å². The number of nitrogens with zero attached hydrogens (tertiary/aromatic N) is 2. The van der Waals surface area contributed by atoms with Gasteiger partial charge in [0.25, 0.3) is 11.8 Å². The fourth-order valence-corrected chi connectivity index (χ4v) is 2.97. The van der Waals surface area contributed by atoms with E-state index in [1.54, 1.807) is 18.2 Å². The molecule has 1 saturated heterocycles. The van der Waals surface area contributed by atoms with Crippen LogP contribution in [0.5, 0.6) is 11.5 Å². The van der Waals surface area contributed by atoms with E-state index in [2.05, 4.69) is 0 Å². The molecule has 0 N–H and O–H groups in total. The monoisotopic (exact) mass is 408 g/mol. The van der Waals surface area contributed by atoms with Crippen LogP contribution >= 0.6 is 11.6 Å². The lowest BCUT2D eigenvalue weighted by Gasteiger charge is -2.34. The van der Waals surface area contributed by atoms with Crippen LogP contribution < -0.4 is 9.47 Å². The highest BCUT2D eigenvalue weighted by Crippen LogP contribution is 2.28. The van der Waals surface area contributed by atoms with Crippen LogP contribution in [0.3, 0.4) is 0 Å². The van der Waals surface area contributed by atoms with E-state index in [1.807, 2.05) is 6.92 Å². The molecule has 0 bridgehead atoms. The van der Waals surface area contributed by atoms with Crippen molar-refractivity contribution in [2.75, 3.05) is 33.2 Å². The summed E-state index contributed by atoms with van der Waals surface area (Å²) in [7, 11) is 3.03. The van der Waals surface area contributed by atoms with Gasteiger partial charge in [-0.15, -0.1) is 11.6 Å². The van der Waals surface area contributed by atoms with Gasteiger partial charge in [0, 0.05) is 30.6 Å². The number of rotatable bonds is 9. The Morgan fingerprint density at radius 3 is 2.18 bits per heavy atom. The molecule has 4 amide bonds. The summed E-state index contributed by atoms with van der Waals surface area (Å²) in [5.74, 6) is 0.139. The Morgan fingerprint density at radius 2 is 1.64 bits per heavy atom. The van der Waals surface area contributed by atoms with Gasteiger partial charge in [-0.3, -0.25) is 19.4 Å². The predicted molar refractivity (Wildman–Crippen MR) is 107 cm³/mol. The molecule has 0 saturated carbocycles. The van der Waals surface area contributed by atoms with Gasteiger partial charge in [-0.05, 0) is 31.1 Å². The maximum atomic E-state index is 12.9. The van der Waals surface area contributed by atoms with Gasteiger partial charge in [-0.25, -0.2) is 4.79 Å². The highest BCUT2D eigenvalue weighted by molar-refractivity contribution is 6.31. The fourth-order valence-electron chi connectivity index (χ4n) is 2.85. The summed E-state index contributed by atoms with van der Waals surface area (Å²) in [6, 6.07) is 4.47. The molecule has 152 valence electrons. The standard InChI is InChI=1S/C20H25ClN2O5/c1-4-5-10-22-18(24)16(19(25)23(20(22)26)11-6-9-21)12-14-7-8-15(27-2)13-17(14)28-3/h7-8,12-13H,4-6,9-11H2,1-3H3/b16-12-. The fraction of sp³-hybridized carbons (Fsp3) is 0.450. The van der Waals surface area contributed by atoms with Crippen molar-refractivity contribution in [3.05, 3.63) is 29.3 Å². The van der Waals surface area contributed by atoms with Crippen LogP contribution in [0.2, 0.25) is 0 Å². The predicted octanol–water partition coefficient (Wildman–Crippen LogP) is 3.31. The molecule has 2 rings (SSSR count). The van der Waals surface area contributed by atoms with Crippen molar-refractivity contribution in [2.45, 2.75) is 26.2 Å². The van der Waals surface area contributed by atoms with Gasteiger partial charge < -0.3 is 9.47 Å². The van der Waals surface area contributed by atoms with Crippen molar-refractivity contribution in [2.24, 2.45) is 0 Å². The van der Waals surface area contributed by atoms with E-state index in [9.17, 15) is 14.4 Å². The molecule has 0 radical (unpaired) electrons. The lowest BCUT2D eigenvalue weighted by molar-refractivity contribution is -0.135. The summed E-state index contributed by atoms with van der Waals surface area (Å²) in [5, 5.41) is 0. The van der Waals surface area contributed by atoms with Gasteiger partial charge in [0.2, 0.25) is 0 Å². The number of halogens is 1. The molecule has 1 heterocycles. The molecule has 1 aromatic rings.